The highest BCUT2D eigenvalue weighted by Gasteiger charge is 2.18. The summed E-state index contributed by atoms with van der Waals surface area (Å²) in [6.07, 6.45) is 0. The predicted octanol–water partition coefficient (Wildman–Crippen LogP) is 4.38. The van der Waals surface area contributed by atoms with Gasteiger partial charge in [0.05, 0.1) is 10.8 Å². The fourth-order valence-electron chi connectivity index (χ4n) is 2.06. The average Bonchev–Trinajstić information content (AvgIpc) is 3.05. The molecule has 0 saturated carbocycles. The number of aromatic amines is 1. The Hall–Kier alpha value is -2.38. The first kappa shape index (κ1) is 17.4. The van der Waals surface area contributed by atoms with Gasteiger partial charge in [-0.05, 0) is 43.3 Å². The number of halogens is 2. The van der Waals surface area contributed by atoms with Crippen molar-refractivity contribution in [1.82, 2.24) is 15.2 Å². The lowest BCUT2D eigenvalue weighted by Gasteiger charge is -2.10. The molecule has 2 aromatic carbocycles. The number of rotatable bonds is 5. The van der Waals surface area contributed by atoms with Crippen LogP contribution in [-0.4, -0.2) is 26.3 Å². The average molecular weight is 377 g/mol. The molecule has 0 aliphatic rings. The van der Waals surface area contributed by atoms with Crippen LogP contribution in [0.15, 0.2) is 53.7 Å². The van der Waals surface area contributed by atoms with Gasteiger partial charge in [-0.15, -0.1) is 5.10 Å². The van der Waals surface area contributed by atoms with Gasteiger partial charge in [-0.3, -0.25) is 9.89 Å². The lowest BCUT2D eigenvalue weighted by atomic mass is 10.2. The van der Waals surface area contributed by atoms with Gasteiger partial charge in [-0.2, -0.15) is 0 Å². The van der Waals surface area contributed by atoms with Gasteiger partial charge in [0.15, 0.2) is 5.82 Å². The van der Waals surface area contributed by atoms with Crippen molar-refractivity contribution in [3.05, 3.63) is 59.4 Å². The number of anilines is 1. The lowest BCUT2D eigenvalue weighted by molar-refractivity contribution is -0.115. The molecule has 0 unspecified atom stereocenters. The highest BCUT2D eigenvalue weighted by Crippen LogP contribution is 2.25. The smallest absolute Gasteiger partial charge is 0.237 e. The molecule has 25 heavy (non-hydrogen) atoms. The summed E-state index contributed by atoms with van der Waals surface area (Å²) in [5, 5.41) is 10.1. The van der Waals surface area contributed by atoms with E-state index in [0.717, 1.165) is 0 Å². The number of carbonyl (C=O) groups excluding carboxylic acids is 1. The second-order valence-corrected chi connectivity index (χ2v) is 6.95. The van der Waals surface area contributed by atoms with Crippen LogP contribution in [-0.2, 0) is 4.79 Å². The van der Waals surface area contributed by atoms with Crippen molar-refractivity contribution in [3.8, 4) is 11.4 Å². The Morgan fingerprint density at radius 3 is 2.68 bits per heavy atom. The molecule has 128 valence electrons. The summed E-state index contributed by atoms with van der Waals surface area (Å²) in [7, 11) is 0. The first-order valence-corrected chi connectivity index (χ1v) is 8.69. The molecule has 2 N–H and O–H groups in total. The van der Waals surface area contributed by atoms with Crippen molar-refractivity contribution < 1.29 is 9.18 Å². The number of aromatic nitrogens is 3. The molecule has 8 heteroatoms. The third kappa shape index (κ3) is 4.37. The van der Waals surface area contributed by atoms with Crippen molar-refractivity contribution in [2.75, 3.05) is 5.32 Å². The quantitative estimate of drug-likeness (QED) is 0.648. The van der Waals surface area contributed by atoms with Crippen LogP contribution in [0.2, 0.25) is 5.02 Å². The zero-order valence-electron chi connectivity index (χ0n) is 13.2. The maximum absolute atomic E-state index is 13.8. The Morgan fingerprint density at radius 2 is 1.96 bits per heavy atom. The minimum Gasteiger partial charge on any atom is -0.325 e. The number of H-pyrrole nitrogens is 1. The van der Waals surface area contributed by atoms with Gasteiger partial charge in [0.1, 0.15) is 5.82 Å². The van der Waals surface area contributed by atoms with Gasteiger partial charge in [0.2, 0.25) is 11.1 Å². The Bertz CT molecular complexity index is 884. The maximum atomic E-state index is 13.8. The predicted molar refractivity (Wildman–Crippen MR) is 97.2 cm³/mol. The van der Waals surface area contributed by atoms with Gasteiger partial charge in [0.25, 0.3) is 0 Å². The number of amides is 1. The van der Waals surface area contributed by atoms with Crippen LogP contribution in [0.3, 0.4) is 0 Å². The highest BCUT2D eigenvalue weighted by atomic mass is 35.5. The molecule has 0 aliphatic carbocycles. The van der Waals surface area contributed by atoms with Crippen molar-refractivity contribution in [2.45, 2.75) is 17.3 Å². The van der Waals surface area contributed by atoms with E-state index in [1.54, 1.807) is 49.4 Å². The molecule has 0 aliphatic heterocycles. The summed E-state index contributed by atoms with van der Waals surface area (Å²) in [6.45, 7) is 1.75. The van der Waals surface area contributed by atoms with Crippen molar-refractivity contribution in [2.24, 2.45) is 0 Å². The van der Waals surface area contributed by atoms with Crippen LogP contribution >= 0.6 is 23.4 Å². The van der Waals surface area contributed by atoms with Crippen molar-refractivity contribution in [1.29, 1.82) is 0 Å². The molecule has 0 spiro atoms. The Kier molecular flexibility index (Phi) is 5.35. The number of nitrogens with one attached hydrogen (secondary N) is 2. The Morgan fingerprint density at radius 1 is 1.24 bits per heavy atom. The van der Waals surface area contributed by atoms with Crippen molar-refractivity contribution >= 4 is 35.0 Å². The summed E-state index contributed by atoms with van der Waals surface area (Å²) in [5.41, 5.74) is 0.990. The third-order valence-electron chi connectivity index (χ3n) is 3.36. The molecule has 1 aromatic heterocycles. The van der Waals surface area contributed by atoms with E-state index in [9.17, 15) is 9.18 Å². The molecule has 3 rings (SSSR count). The first-order valence-electron chi connectivity index (χ1n) is 7.43. The Labute approximate surface area is 153 Å². The van der Waals surface area contributed by atoms with Crippen molar-refractivity contribution in [3.63, 3.8) is 0 Å². The molecule has 0 radical (unpaired) electrons. The molecule has 1 heterocycles. The Balaban J connectivity index is 1.65. The summed E-state index contributed by atoms with van der Waals surface area (Å²) in [5.74, 6) is -0.251. The van der Waals surface area contributed by atoms with Crippen LogP contribution in [0.25, 0.3) is 11.4 Å². The van der Waals surface area contributed by atoms with E-state index in [-0.39, 0.29) is 11.7 Å². The summed E-state index contributed by atoms with van der Waals surface area (Å²) in [4.78, 5) is 16.5. The molecule has 5 nitrogen and oxygen atoms in total. The molecule has 3 aromatic rings. The van der Waals surface area contributed by atoms with Crippen LogP contribution in [0.4, 0.5) is 10.1 Å². The van der Waals surface area contributed by atoms with E-state index in [0.29, 0.717) is 27.3 Å². The summed E-state index contributed by atoms with van der Waals surface area (Å²) >= 11 is 7.00. The lowest BCUT2D eigenvalue weighted by Crippen LogP contribution is -2.22. The van der Waals surface area contributed by atoms with Gasteiger partial charge in [-0.1, -0.05) is 35.5 Å². The zero-order valence-corrected chi connectivity index (χ0v) is 14.7. The summed E-state index contributed by atoms with van der Waals surface area (Å²) < 4.78 is 13.8. The van der Waals surface area contributed by atoms with E-state index in [1.807, 2.05) is 0 Å². The van der Waals surface area contributed by atoms with Crippen LogP contribution in [0.1, 0.15) is 6.92 Å². The standard InChI is InChI=1S/C17H14ClFN4OS/c1-10(16(24)20-12-8-6-11(18)7-9-12)25-17-21-15(22-23-17)13-4-2-3-5-14(13)19/h2-10H,1H3,(H,20,24)(H,21,22,23)/t10-/m0/s1. The van der Waals surface area contributed by atoms with Crippen LogP contribution < -0.4 is 5.32 Å². The highest BCUT2D eigenvalue weighted by molar-refractivity contribution is 8.00. The SMILES string of the molecule is C[C@H](Sc1n[nH]c(-c2ccccc2F)n1)C(=O)Nc1ccc(Cl)cc1. The molecule has 0 fully saturated rings. The minimum absolute atomic E-state index is 0.190. The van der Waals surface area contributed by atoms with Gasteiger partial charge in [0, 0.05) is 10.7 Å². The fraction of sp³-hybridized carbons (Fsp3) is 0.118. The first-order chi connectivity index (χ1) is 12.0. The van der Waals surface area contributed by atoms with E-state index >= 15 is 0 Å². The fourth-order valence-corrected chi connectivity index (χ4v) is 2.91. The monoisotopic (exact) mass is 376 g/mol. The molecule has 1 atom stereocenters. The van der Waals surface area contributed by atoms with Gasteiger partial charge < -0.3 is 5.32 Å². The van der Waals surface area contributed by atoms with E-state index in [4.69, 9.17) is 11.6 Å². The number of carbonyl (C=O) groups is 1. The van der Waals surface area contributed by atoms with E-state index in [2.05, 4.69) is 20.5 Å². The number of nitrogens with zero attached hydrogens (tertiary/aromatic N) is 2. The topological polar surface area (TPSA) is 70.7 Å². The summed E-state index contributed by atoms with van der Waals surface area (Å²) in [6, 6.07) is 13.1. The third-order valence-corrected chi connectivity index (χ3v) is 4.57. The second-order valence-electron chi connectivity index (χ2n) is 5.20. The molecule has 0 saturated heterocycles. The van der Waals surface area contributed by atoms with Crippen LogP contribution in [0, 0.1) is 5.82 Å². The number of benzene rings is 2. The molecular formula is C17H14ClFN4OS. The second kappa shape index (κ2) is 7.67. The van der Waals surface area contributed by atoms with Crippen LogP contribution in [0.5, 0.6) is 0 Å². The van der Waals surface area contributed by atoms with E-state index < -0.39 is 5.25 Å². The number of thioether (sulfide) groups is 1. The zero-order chi connectivity index (χ0) is 17.8. The van der Waals surface area contributed by atoms with E-state index in [1.165, 1.54) is 17.8 Å². The molecule has 1 amide bonds. The molecule has 0 bridgehead atoms. The maximum Gasteiger partial charge on any atom is 0.237 e. The molecular weight excluding hydrogens is 363 g/mol. The number of hydrogen-bond acceptors (Lipinski definition) is 4. The van der Waals surface area contributed by atoms with Gasteiger partial charge in [-0.25, -0.2) is 9.37 Å². The number of hydrogen-bond donors (Lipinski definition) is 2. The minimum atomic E-state index is -0.431. The largest absolute Gasteiger partial charge is 0.325 e. The van der Waals surface area contributed by atoms with Gasteiger partial charge >= 0.3 is 0 Å². The normalized spacial score (nSPS) is 12.0.